The van der Waals surface area contributed by atoms with Crippen LogP contribution in [0.5, 0.6) is 0 Å². The van der Waals surface area contributed by atoms with Crippen LogP contribution in [-0.4, -0.2) is 6.54 Å². The molecule has 70 valence electrons. The fourth-order valence-electron chi connectivity index (χ4n) is 1.94. The van der Waals surface area contributed by atoms with Crippen LogP contribution in [0, 0.1) is 6.92 Å². The highest BCUT2D eigenvalue weighted by Crippen LogP contribution is 2.22. The minimum Gasteiger partial charge on any atom is -0.310 e. The Labute approximate surface area is 80.2 Å². The van der Waals surface area contributed by atoms with Crippen LogP contribution in [-0.2, 0) is 0 Å². The Bertz CT molecular complexity index is 257. The maximum absolute atomic E-state index is 3.55. The van der Waals surface area contributed by atoms with Crippen LogP contribution in [0.3, 0.4) is 0 Å². The van der Waals surface area contributed by atoms with Crippen molar-refractivity contribution in [1.29, 1.82) is 0 Å². The van der Waals surface area contributed by atoms with E-state index in [1.54, 1.807) is 0 Å². The monoisotopic (exact) mass is 175 g/mol. The van der Waals surface area contributed by atoms with E-state index in [0.717, 1.165) is 0 Å². The maximum Gasteiger partial charge on any atom is 0.0320 e. The topological polar surface area (TPSA) is 12.0 Å². The first-order valence-corrected chi connectivity index (χ1v) is 5.16. The third-order valence-electron chi connectivity index (χ3n) is 2.79. The van der Waals surface area contributed by atoms with Gasteiger partial charge in [0.15, 0.2) is 0 Å². The van der Waals surface area contributed by atoms with Gasteiger partial charge in [-0.1, -0.05) is 36.2 Å². The summed E-state index contributed by atoms with van der Waals surface area (Å²) in [5.74, 6) is 0. The molecule has 1 aliphatic rings. The van der Waals surface area contributed by atoms with Gasteiger partial charge in [0.05, 0.1) is 0 Å². The minimum atomic E-state index is 0.606. The van der Waals surface area contributed by atoms with E-state index >= 15 is 0 Å². The molecule has 1 heterocycles. The molecular weight excluding hydrogens is 158 g/mol. The lowest BCUT2D eigenvalue weighted by atomic mass is 9.97. The van der Waals surface area contributed by atoms with Crippen molar-refractivity contribution in [3.05, 3.63) is 35.4 Å². The highest BCUT2D eigenvalue weighted by Gasteiger charge is 2.13. The van der Waals surface area contributed by atoms with E-state index in [1.807, 2.05) is 0 Å². The molecule has 0 aliphatic carbocycles. The van der Waals surface area contributed by atoms with Gasteiger partial charge < -0.3 is 5.32 Å². The zero-order valence-corrected chi connectivity index (χ0v) is 8.22. The van der Waals surface area contributed by atoms with Crippen LogP contribution in [0.2, 0.25) is 0 Å². The molecule has 0 amide bonds. The average Bonchev–Trinajstić information content (AvgIpc) is 2.20. The minimum absolute atomic E-state index is 0.606. The van der Waals surface area contributed by atoms with Gasteiger partial charge in [0, 0.05) is 6.04 Å². The second kappa shape index (κ2) is 3.93. The van der Waals surface area contributed by atoms with Crippen molar-refractivity contribution < 1.29 is 0 Å². The maximum atomic E-state index is 3.55. The molecule has 1 saturated heterocycles. The largest absolute Gasteiger partial charge is 0.310 e. The van der Waals surface area contributed by atoms with Gasteiger partial charge in [-0.2, -0.15) is 0 Å². The highest BCUT2D eigenvalue weighted by atomic mass is 14.9. The molecule has 1 aliphatic heterocycles. The summed E-state index contributed by atoms with van der Waals surface area (Å²) in [6.07, 6.45) is 4.00. The first-order chi connectivity index (χ1) is 6.36. The van der Waals surface area contributed by atoms with Gasteiger partial charge in [0.25, 0.3) is 0 Å². The summed E-state index contributed by atoms with van der Waals surface area (Å²) in [5.41, 5.74) is 2.80. The Kier molecular flexibility index (Phi) is 2.65. The molecule has 1 aromatic carbocycles. The number of hydrogen-bond acceptors (Lipinski definition) is 1. The molecule has 0 saturated carbocycles. The standard InChI is InChI=1S/C12H17N/c1-10-5-7-11(8-6-10)12-4-2-3-9-13-12/h5-8,12-13H,2-4,9H2,1H3/t12-/m1/s1. The van der Waals surface area contributed by atoms with Crippen molar-refractivity contribution in [2.75, 3.05) is 6.54 Å². The third-order valence-corrected chi connectivity index (χ3v) is 2.79. The smallest absolute Gasteiger partial charge is 0.0320 e. The van der Waals surface area contributed by atoms with Crippen molar-refractivity contribution in [3.8, 4) is 0 Å². The Morgan fingerprint density at radius 3 is 2.54 bits per heavy atom. The van der Waals surface area contributed by atoms with Crippen molar-refractivity contribution in [2.24, 2.45) is 0 Å². The zero-order valence-electron chi connectivity index (χ0n) is 8.22. The van der Waals surface area contributed by atoms with E-state index in [1.165, 1.54) is 36.9 Å². The van der Waals surface area contributed by atoms with E-state index in [0.29, 0.717) is 6.04 Å². The van der Waals surface area contributed by atoms with E-state index in [-0.39, 0.29) is 0 Å². The van der Waals surface area contributed by atoms with Crippen molar-refractivity contribution >= 4 is 0 Å². The number of hydrogen-bond donors (Lipinski definition) is 1. The number of benzene rings is 1. The predicted octanol–water partition coefficient (Wildman–Crippen LogP) is 2.81. The molecule has 1 heteroatoms. The molecule has 1 aromatic rings. The quantitative estimate of drug-likeness (QED) is 0.692. The third kappa shape index (κ3) is 2.10. The fraction of sp³-hybridized carbons (Fsp3) is 0.500. The van der Waals surface area contributed by atoms with Crippen LogP contribution >= 0.6 is 0 Å². The number of rotatable bonds is 1. The molecule has 2 rings (SSSR count). The molecule has 1 N–H and O–H groups in total. The SMILES string of the molecule is Cc1ccc([C@H]2CCCCN2)cc1. The summed E-state index contributed by atoms with van der Waals surface area (Å²) in [4.78, 5) is 0. The van der Waals surface area contributed by atoms with Crippen LogP contribution in [0.1, 0.15) is 36.4 Å². The normalized spacial score (nSPS) is 23.0. The molecule has 0 spiro atoms. The van der Waals surface area contributed by atoms with Crippen molar-refractivity contribution in [1.82, 2.24) is 5.32 Å². The summed E-state index contributed by atoms with van der Waals surface area (Å²) >= 11 is 0. The van der Waals surface area contributed by atoms with Gasteiger partial charge in [0.1, 0.15) is 0 Å². The van der Waals surface area contributed by atoms with Gasteiger partial charge in [-0.05, 0) is 31.9 Å². The molecule has 0 aromatic heterocycles. The van der Waals surface area contributed by atoms with Crippen LogP contribution < -0.4 is 5.32 Å². The lowest BCUT2D eigenvalue weighted by Gasteiger charge is -2.23. The van der Waals surface area contributed by atoms with Gasteiger partial charge >= 0.3 is 0 Å². The molecule has 1 fully saturated rings. The summed E-state index contributed by atoms with van der Waals surface area (Å²) in [6.45, 7) is 3.32. The van der Waals surface area contributed by atoms with Crippen LogP contribution in [0.25, 0.3) is 0 Å². The lowest BCUT2D eigenvalue weighted by molar-refractivity contribution is 0.412. The Hall–Kier alpha value is -0.820. The van der Waals surface area contributed by atoms with Gasteiger partial charge in [-0.25, -0.2) is 0 Å². The van der Waals surface area contributed by atoms with Crippen LogP contribution in [0.15, 0.2) is 24.3 Å². The lowest BCUT2D eigenvalue weighted by Crippen LogP contribution is -2.26. The zero-order chi connectivity index (χ0) is 9.10. The van der Waals surface area contributed by atoms with E-state index in [4.69, 9.17) is 0 Å². The molecule has 0 bridgehead atoms. The Balaban J connectivity index is 2.10. The molecule has 1 atom stereocenters. The second-order valence-corrected chi connectivity index (χ2v) is 3.91. The summed E-state index contributed by atoms with van der Waals surface area (Å²) < 4.78 is 0. The van der Waals surface area contributed by atoms with Gasteiger partial charge in [-0.3, -0.25) is 0 Å². The number of piperidine rings is 1. The molecule has 0 unspecified atom stereocenters. The molecule has 13 heavy (non-hydrogen) atoms. The van der Waals surface area contributed by atoms with Crippen molar-refractivity contribution in [2.45, 2.75) is 32.2 Å². The predicted molar refractivity (Wildman–Crippen MR) is 55.8 cm³/mol. The highest BCUT2D eigenvalue weighted by molar-refractivity contribution is 5.24. The summed E-state index contributed by atoms with van der Waals surface area (Å²) in [6, 6.07) is 9.50. The average molecular weight is 175 g/mol. The number of nitrogens with one attached hydrogen (secondary N) is 1. The van der Waals surface area contributed by atoms with E-state index in [9.17, 15) is 0 Å². The van der Waals surface area contributed by atoms with E-state index in [2.05, 4.69) is 36.5 Å². The molecule has 1 nitrogen and oxygen atoms in total. The summed E-state index contributed by atoms with van der Waals surface area (Å²) in [5, 5.41) is 3.55. The molecule has 0 radical (unpaired) electrons. The van der Waals surface area contributed by atoms with Crippen LogP contribution in [0.4, 0.5) is 0 Å². The number of aryl methyl sites for hydroxylation is 1. The van der Waals surface area contributed by atoms with Crippen molar-refractivity contribution in [3.63, 3.8) is 0 Å². The Morgan fingerprint density at radius 2 is 1.92 bits per heavy atom. The summed E-state index contributed by atoms with van der Waals surface area (Å²) in [7, 11) is 0. The van der Waals surface area contributed by atoms with Gasteiger partial charge in [0.2, 0.25) is 0 Å². The van der Waals surface area contributed by atoms with E-state index < -0.39 is 0 Å². The second-order valence-electron chi connectivity index (χ2n) is 3.91. The molecular formula is C12H17N. The van der Waals surface area contributed by atoms with Gasteiger partial charge in [-0.15, -0.1) is 0 Å². The Morgan fingerprint density at radius 1 is 1.15 bits per heavy atom. The fourth-order valence-corrected chi connectivity index (χ4v) is 1.94. The first-order valence-electron chi connectivity index (χ1n) is 5.16. The first kappa shape index (κ1) is 8.76.